The van der Waals surface area contributed by atoms with Crippen LogP contribution in [0.4, 0.5) is 4.79 Å². The highest BCUT2D eigenvalue weighted by Gasteiger charge is 2.13. The van der Waals surface area contributed by atoms with Gasteiger partial charge in [-0.25, -0.2) is 14.4 Å². The van der Waals surface area contributed by atoms with E-state index < -0.39 is 18.0 Å². The molecule has 0 saturated carbocycles. The number of amides is 1. The van der Waals surface area contributed by atoms with Crippen LogP contribution in [-0.4, -0.2) is 43.1 Å². The van der Waals surface area contributed by atoms with E-state index in [1.165, 1.54) is 12.0 Å². The fraction of sp³-hybridized carbons (Fsp3) is 0.500. The van der Waals surface area contributed by atoms with Crippen molar-refractivity contribution in [1.82, 2.24) is 4.90 Å². The lowest BCUT2D eigenvalue weighted by Gasteiger charge is -2.16. The van der Waals surface area contributed by atoms with E-state index in [9.17, 15) is 14.4 Å². The van der Waals surface area contributed by atoms with Crippen molar-refractivity contribution in [3.05, 3.63) is 12.2 Å². The van der Waals surface area contributed by atoms with Crippen molar-refractivity contribution in [2.45, 2.75) is 13.8 Å². The Morgan fingerprint density at radius 1 is 1.06 bits per heavy atom. The van der Waals surface area contributed by atoms with Crippen LogP contribution in [0.1, 0.15) is 13.8 Å². The third-order valence-electron chi connectivity index (χ3n) is 1.77. The molecule has 0 heterocycles. The van der Waals surface area contributed by atoms with E-state index in [4.69, 9.17) is 0 Å². The maximum Gasteiger partial charge on any atom is 0.417 e. The second kappa shape index (κ2) is 7.44. The van der Waals surface area contributed by atoms with Crippen molar-refractivity contribution in [2.75, 3.05) is 20.2 Å². The van der Waals surface area contributed by atoms with Gasteiger partial charge in [-0.3, -0.25) is 0 Å². The van der Waals surface area contributed by atoms with Crippen LogP contribution < -0.4 is 0 Å². The molecule has 0 N–H and O–H groups in total. The third-order valence-corrected chi connectivity index (χ3v) is 1.77. The second-order valence-corrected chi connectivity index (χ2v) is 2.72. The first-order valence-electron chi connectivity index (χ1n) is 4.81. The zero-order chi connectivity index (χ0) is 12.6. The normalized spacial score (nSPS) is 9.94. The van der Waals surface area contributed by atoms with Gasteiger partial charge in [0.15, 0.2) is 0 Å². The molecule has 0 aliphatic heterocycles. The SMILES string of the molecule is CCN(CC)C(=O)OC(=O)C=CC(=O)OC. The van der Waals surface area contributed by atoms with Gasteiger partial charge in [-0.05, 0) is 13.8 Å². The van der Waals surface area contributed by atoms with E-state index in [2.05, 4.69) is 9.47 Å². The molecule has 0 aromatic heterocycles. The molecule has 0 aromatic rings. The number of hydrogen-bond donors (Lipinski definition) is 0. The van der Waals surface area contributed by atoms with Crippen LogP contribution in [0.3, 0.4) is 0 Å². The monoisotopic (exact) mass is 229 g/mol. The molecule has 6 heteroatoms. The van der Waals surface area contributed by atoms with Crippen LogP contribution in [-0.2, 0) is 19.1 Å². The minimum Gasteiger partial charge on any atom is -0.466 e. The molecule has 0 aromatic carbocycles. The van der Waals surface area contributed by atoms with Crippen molar-refractivity contribution in [3.8, 4) is 0 Å². The molecule has 0 aliphatic rings. The molecule has 0 fully saturated rings. The van der Waals surface area contributed by atoms with Crippen molar-refractivity contribution in [3.63, 3.8) is 0 Å². The Labute approximate surface area is 93.8 Å². The van der Waals surface area contributed by atoms with E-state index in [1.54, 1.807) is 13.8 Å². The van der Waals surface area contributed by atoms with Gasteiger partial charge in [-0.2, -0.15) is 0 Å². The molecule has 6 nitrogen and oxygen atoms in total. The van der Waals surface area contributed by atoms with Crippen LogP contribution in [0, 0.1) is 0 Å². The lowest BCUT2D eigenvalue weighted by atomic mass is 10.5. The van der Waals surface area contributed by atoms with Gasteiger partial charge in [-0.1, -0.05) is 0 Å². The van der Waals surface area contributed by atoms with Gasteiger partial charge < -0.3 is 14.4 Å². The second-order valence-electron chi connectivity index (χ2n) is 2.72. The summed E-state index contributed by atoms with van der Waals surface area (Å²) >= 11 is 0. The van der Waals surface area contributed by atoms with Gasteiger partial charge >= 0.3 is 18.0 Å². The molecular weight excluding hydrogens is 214 g/mol. The molecule has 0 aliphatic carbocycles. The summed E-state index contributed by atoms with van der Waals surface area (Å²) in [4.78, 5) is 34.3. The number of carbonyl (C=O) groups is 3. The zero-order valence-corrected chi connectivity index (χ0v) is 9.56. The minimum absolute atomic E-state index is 0.448. The van der Waals surface area contributed by atoms with E-state index in [0.717, 1.165) is 12.2 Å². The van der Waals surface area contributed by atoms with Crippen LogP contribution in [0.25, 0.3) is 0 Å². The van der Waals surface area contributed by atoms with Crippen LogP contribution >= 0.6 is 0 Å². The Kier molecular flexibility index (Phi) is 6.58. The number of methoxy groups -OCH3 is 1. The smallest absolute Gasteiger partial charge is 0.417 e. The summed E-state index contributed by atoms with van der Waals surface area (Å²) in [5, 5.41) is 0. The number of hydrogen-bond acceptors (Lipinski definition) is 5. The Morgan fingerprint density at radius 2 is 1.56 bits per heavy atom. The highest BCUT2D eigenvalue weighted by Crippen LogP contribution is 1.94. The van der Waals surface area contributed by atoms with E-state index in [1.807, 2.05) is 0 Å². The number of nitrogens with zero attached hydrogens (tertiary/aromatic N) is 1. The predicted octanol–water partition coefficient (Wildman–Crippen LogP) is 0.721. The summed E-state index contributed by atoms with van der Waals surface area (Å²) in [7, 11) is 1.18. The average molecular weight is 229 g/mol. The quantitative estimate of drug-likeness (QED) is 0.403. The predicted molar refractivity (Wildman–Crippen MR) is 55.6 cm³/mol. The molecular formula is C10H15NO5. The number of esters is 2. The van der Waals surface area contributed by atoms with Crippen molar-refractivity contribution in [2.24, 2.45) is 0 Å². The van der Waals surface area contributed by atoms with Crippen molar-refractivity contribution < 1.29 is 23.9 Å². The molecule has 1 amide bonds. The first kappa shape index (κ1) is 14.2. The summed E-state index contributed by atoms with van der Waals surface area (Å²) in [6.45, 7) is 4.42. The first-order valence-corrected chi connectivity index (χ1v) is 4.81. The molecule has 0 rings (SSSR count). The Hall–Kier alpha value is -1.85. The number of rotatable bonds is 4. The van der Waals surface area contributed by atoms with Gasteiger partial charge in [0, 0.05) is 25.2 Å². The minimum atomic E-state index is -0.901. The lowest BCUT2D eigenvalue weighted by Crippen LogP contribution is -2.32. The maximum absolute atomic E-state index is 11.3. The van der Waals surface area contributed by atoms with E-state index in [0.29, 0.717) is 13.1 Å². The molecule has 0 bridgehead atoms. The van der Waals surface area contributed by atoms with E-state index in [-0.39, 0.29) is 0 Å². The molecule has 0 atom stereocenters. The molecule has 0 spiro atoms. The topological polar surface area (TPSA) is 72.9 Å². The third kappa shape index (κ3) is 5.14. The molecule has 0 radical (unpaired) electrons. The zero-order valence-electron chi connectivity index (χ0n) is 9.56. The molecule has 90 valence electrons. The van der Waals surface area contributed by atoms with Crippen LogP contribution in [0.15, 0.2) is 12.2 Å². The van der Waals surface area contributed by atoms with Gasteiger partial charge in [0.05, 0.1) is 7.11 Å². The molecule has 0 unspecified atom stereocenters. The summed E-state index contributed by atoms with van der Waals surface area (Å²) in [6, 6.07) is 0. The van der Waals surface area contributed by atoms with E-state index >= 15 is 0 Å². The fourth-order valence-corrected chi connectivity index (χ4v) is 0.871. The molecule has 16 heavy (non-hydrogen) atoms. The standard InChI is InChI=1S/C10H15NO5/c1-4-11(5-2)10(14)16-9(13)7-6-8(12)15-3/h6-7H,4-5H2,1-3H3. The summed E-state index contributed by atoms with van der Waals surface area (Å²) in [6.07, 6.45) is 0.995. The van der Waals surface area contributed by atoms with Gasteiger partial charge in [0.2, 0.25) is 0 Å². The maximum atomic E-state index is 11.3. The summed E-state index contributed by atoms with van der Waals surface area (Å²) in [5.41, 5.74) is 0. The Balaban J connectivity index is 4.19. The number of carbonyl (C=O) groups excluding carboxylic acids is 3. The van der Waals surface area contributed by atoms with Crippen molar-refractivity contribution in [1.29, 1.82) is 0 Å². The lowest BCUT2D eigenvalue weighted by molar-refractivity contribution is -0.136. The summed E-state index contributed by atoms with van der Waals surface area (Å²) < 4.78 is 8.71. The van der Waals surface area contributed by atoms with Gasteiger partial charge in [0.25, 0.3) is 0 Å². The average Bonchev–Trinajstić information content (AvgIpc) is 2.27. The Bertz CT molecular complexity index is 294. The van der Waals surface area contributed by atoms with Crippen LogP contribution in [0.2, 0.25) is 0 Å². The highest BCUT2D eigenvalue weighted by atomic mass is 16.6. The fourth-order valence-electron chi connectivity index (χ4n) is 0.871. The number of ether oxygens (including phenoxy) is 2. The van der Waals surface area contributed by atoms with Gasteiger partial charge in [0.1, 0.15) is 0 Å². The van der Waals surface area contributed by atoms with Crippen LogP contribution in [0.5, 0.6) is 0 Å². The Morgan fingerprint density at radius 3 is 2.00 bits per heavy atom. The largest absolute Gasteiger partial charge is 0.466 e. The summed E-state index contributed by atoms with van der Waals surface area (Å²) in [5.74, 6) is -1.59. The highest BCUT2D eigenvalue weighted by molar-refractivity contribution is 5.96. The molecule has 0 saturated heterocycles. The first-order chi connectivity index (χ1) is 7.54. The van der Waals surface area contributed by atoms with Gasteiger partial charge in [-0.15, -0.1) is 0 Å². The van der Waals surface area contributed by atoms with Crippen molar-refractivity contribution >= 4 is 18.0 Å².